The minimum absolute atomic E-state index is 0.164. The zero-order valence-corrected chi connectivity index (χ0v) is 11.0. The van der Waals surface area contributed by atoms with Gasteiger partial charge in [0.1, 0.15) is 12.1 Å². The number of benzene rings is 1. The van der Waals surface area contributed by atoms with Gasteiger partial charge in [0.2, 0.25) is 0 Å². The number of hydrogen-bond donors (Lipinski definition) is 1. The van der Waals surface area contributed by atoms with Crippen molar-refractivity contribution in [3.8, 4) is 0 Å². The predicted octanol–water partition coefficient (Wildman–Crippen LogP) is 3.22. The number of aromatic amines is 1. The molecule has 0 aliphatic heterocycles. The Labute approximate surface area is 115 Å². The second-order valence-corrected chi connectivity index (χ2v) is 4.72. The van der Waals surface area contributed by atoms with E-state index in [1.54, 1.807) is 37.8 Å². The number of oxazole rings is 1. The first-order valence-corrected chi connectivity index (χ1v) is 6.36. The smallest absolute Gasteiger partial charge is 0.180 e. The molecule has 1 atom stereocenters. The van der Waals surface area contributed by atoms with Gasteiger partial charge >= 0.3 is 0 Å². The molecular weight excluding hydrogens is 257 g/mol. The average molecular weight is 271 g/mol. The molecule has 2 heterocycles. The molecule has 102 valence electrons. The van der Waals surface area contributed by atoms with Crippen LogP contribution in [0.4, 0.5) is 4.39 Å². The molecule has 1 N–H and O–H groups in total. The zero-order chi connectivity index (χ0) is 13.9. The van der Waals surface area contributed by atoms with Gasteiger partial charge in [0, 0.05) is 24.2 Å². The quantitative estimate of drug-likeness (QED) is 0.792. The number of hydrogen-bond acceptors (Lipinski definition) is 3. The third kappa shape index (κ3) is 2.34. The fourth-order valence-electron chi connectivity index (χ4n) is 2.33. The summed E-state index contributed by atoms with van der Waals surface area (Å²) in [6, 6.07) is 5.42. The molecule has 2 aromatic heterocycles. The third-order valence-corrected chi connectivity index (χ3v) is 3.39. The van der Waals surface area contributed by atoms with E-state index in [4.69, 9.17) is 4.42 Å². The van der Waals surface area contributed by atoms with E-state index in [0.717, 1.165) is 11.4 Å². The lowest BCUT2D eigenvalue weighted by Crippen LogP contribution is -2.09. The lowest BCUT2D eigenvalue weighted by Gasteiger charge is -2.16. The Bertz CT molecular complexity index is 677. The summed E-state index contributed by atoms with van der Waals surface area (Å²) in [5, 5.41) is 0. The van der Waals surface area contributed by atoms with Crippen LogP contribution in [0.5, 0.6) is 0 Å². The Morgan fingerprint density at radius 2 is 2.30 bits per heavy atom. The Balaban J connectivity index is 2.03. The van der Waals surface area contributed by atoms with Gasteiger partial charge in [-0.1, -0.05) is 18.2 Å². The van der Waals surface area contributed by atoms with Crippen molar-refractivity contribution in [1.29, 1.82) is 0 Å². The van der Waals surface area contributed by atoms with Gasteiger partial charge in [-0.15, -0.1) is 0 Å². The van der Waals surface area contributed by atoms with Crippen LogP contribution in [0.25, 0.3) is 0 Å². The number of nitrogens with zero attached hydrogens (tertiary/aromatic N) is 2. The maximum Gasteiger partial charge on any atom is 0.180 e. The summed E-state index contributed by atoms with van der Waals surface area (Å²) >= 11 is 0. The number of aryl methyl sites for hydroxylation is 1. The normalized spacial score (nSPS) is 12.5. The lowest BCUT2D eigenvalue weighted by atomic mass is 9.90. The van der Waals surface area contributed by atoms with Gasteiger partial charge in [0.25, 0.3) is 0 Å². The Morgan fingerprint density at radius 3 is 3.00 bits per heavy atom. The monoisotopic (exact) mass is 271 g/mol. The van der Waals surface area contributed by atoms with E-state index >= 15 is 0 Å². The van der Waals surface area contributed by atoms with Crippen LogP contribution in [0.1, 0.15) is 28.4 Å². The van der Waals surface area contributed by atoms with E-state index in [2.05, 4.69) is 15.0 Å². The predicted molar refractivity (Wildman–Crippen MR) is 71.8 cm³/mol. The van der Waals surface area contributed by atoms with Crippen LogP contribution in [0, 0.1) is 12.7 Å². The summed E-state index contributed by atoms with van der Waals surface area (Å²) in [6.45, 7) is 1.76. The number of halogens is 1. The maximum absolute atomic E-state index is 14.4. The van der Waals surface area contributed by atoms with Crippen LogP contribution in [0.3, 0.4) is 0 Å². The van der Waals surface area contributed by atoms with E-state index in [9.17, 15) is 4.39 Å². The molecule has 0 spiro atoms. The van der Waals surface area contributed by atoms with Gasteiger partial charge in [-0.3, -0.25) is 0 Å². The van der Waals surface area contributed by atoms with Crippen LogP contribution >= 0.6 is 0 Å². The van der Waals surface area contributed by atoms with Gasteiger partial charge in [-0.25, -0.2) is 14.4 Å². The summed E-state index contributed by atoms with van der Waals surface area (Å²) in [5.74, 6) is -0.349. The van der Waals surface area contributed by atoms with E-state index in [0.29, 0.717) is 17.5 Å². The molecule has 5 heteroatoms. The standard InChI is InChI=1S/C15H14FN3O/c1-10-3-2-4-12(15(10)16)13(14-6-17-8-18-14)5-11-7-20-9-19-11/h2-4,6-9,13H,5H2,1H3,(H,17,18). The Hall–Kier alpha value is -2.43. The second kappa shape index (κ2) is 5.28. The highest BCUT2D eigenvalue weighted by Crippen LogP contribution is 2.29. The molecule has 0 radical (unpaired) electrons. The highest BCUT2D eigenvalue weighted by atomic mass is 19.1. The van der Waals surface area contributed by atoms with Crippen molar-refractivity contribution >= 4 is 0 Å². The van der Waals surface area contributed by atoms with Gasteiger partial charge in [0.05, 0.1) is 12.0 Å². The van der Waals surface area contributed by atoms with Crippen molar-refractivity contribution in [1.82, 2.24) is 15.0 Å². The van der Waals surface area contributed by atoms with Crippen LogP contribution in [0.2, 0.25) is 0 Å². The van der Waals surface area contributed by atoms with E-state index in [1.807, 2.05) is 6.07 Å². The van der Waals surface area contributed by atoms with Crippen LogP contribution in [-0.4, -0.2) is 15.0 Å². The largest absolute Gasteiger partial charge is 0.451 e. The highest BCUT2D eigenvalue weighted by molar-refractivity contribution is 5.33. The Kier molecular flexibility index (Phi) is 3.33. The topological polar surface area (TPSA) is 54.7 Å². The summed E-state index contributed by atoms with van der Waals surface area (Å²) in [7, 11) is 0. The summed E-state index contributed by atoms with van der Waals surface area (Å²) in [4.78, 5) is 11.2. The van der Waals surface area contributed by atoms with Crippen molar-refractivity contribution in [2.75, 3.05) is 0 Å². The van der Waals surface area contributed by atoms with E-state index < -0.39 is 0 Å². The third-order valence-electron chi connectivity index (χ3n) is 3.39. The fraction of sp³-hybridized carbons (Fsp3) is 0.200. The number of rotatable bonds is 4. The van der Waals surface area contributed by atoms with Gasteiger partial charge in [0.15, 0.2) is 6.39 Å². The van der Waals surface area contributed by atoms with Crippen molar-refractivity contribution in [3.05, 3.63) is 71.7 Å². The number of H-pyrrole nitrogens is 1. The van der Waals surface area contributed by atoms with Crippen LogP contribution in [0.15, 0.2) is 47.8 Å². The molecule has 4 nitrogen and oxygen atoms in total. The minimum Gasteiger partial charge on any atom is -0.451 e. The molecule has 0 fully saturated rings. The first kappa shape index (κ1) is 12.6. The van der Waals surface area contributed by atoms with Gasteiger partial charge in [-0.05, 0) is 18.1 Å². The first-order chi connectivity index (χ1) is 9.75. The Morgan fingerprint density at radius 1 is 1.40 bits per heavy atom. The molecule has 0 bridgehead atoms. The molecule has 3 rings (SSSR count). The molecule has 0 saturated carbocycles. The number of aromatic nitrogens is 3. The van der Waals surface area contributed by atoms with Crippen LogP contribution < -0.4 is 0 Å². The molecule has 0 saturated heterocycles. The summed E-state index contributed by atoms with van der Waals surface area (Å²) in [5.41, 5.74) is 2.91. The first-order valence-electron chi connectivity index (χ1n) is 6.36. The summed E-state index contributed by atoms with van der Waals surface area (Å²) in [6.07, 6.45) is 6.83. The van der Waals surface area contributed by atoms with Crippen molar-refractivity contribution in [3.63, 3.8) is 0 Å². The van der Waals surface area contributed by atoms with E-state index in [1.165, 1.54) is 6.39 Å². The molecule has 3 aromatic rings. The average Bonchev–Trinajstić information content (AvgIpc) is 3.11. The molecular formula is C15H14FN3O. The second-order valence-electron chi connectivity index (χ2n) is 4.72. The molecule has 0 aliphatic rings. The minimum atomic E-state index is -0.185. The number of nitrogens with one attached hydrogen (secondary N) is 1. The van der Waals surface area contributed by atoms with Crippen molar-refractivity contribution in [2.24, 2.45) is 0 Å². The van der Waals surface area contributed by atoms with Crippen molar-refractivity contribution in [2.45, 2.75) is 19.3 Å². The van der Waals surface area contributed by atoms with E-state index in [-0.39, 0.29) is 11.7 Å². The zero-order valence-electron chi connectivity index (χ0n) is 11.0. The number of imidazole rings is 1. The molecule has 1 unspecified atom stereocenters. The summed E-state index contributed by atoms with van der Waals surface area (Å²) < 4.78 is 19.4. The highest BCUT2D eigenvalue weighted by Gasteiger charge is 2.21. The fourth-order valence-corrected chi connectivity index (χ4v) is 2.33. The van der Waals surface area contributed by atoms with Gasteiger partial charge < -0.3 is 9.40 Å². The maximum atomic E-state index is 14.4. The molecule has 20 heavy (non-hydrogen) atoms. The molecule has 0 aliphatic carbocycles. The SMILES string of the molecule is Cc1cccc(C(Cc2cocn2)c2cnc[nH]2)c1F. The lowest BCUT2D eigenvalue weighted by molar-refractivity contribution is 0.554. The molecule has 0 amide bonds. The van der Waals surface area contributed by atoms with Crippen molar-refractivity contribution < 1.29 is 8.81 Å². The van der Waals surface area contributed by atoms with Gasteiger partial charge in [-0.2, -0.15) is 0 Å². The molecule has 1 aromatic carbocycles. The van der Waals surface area contributed by atoms with Crippen LogP contribution in [-0.2, 0) is 6.42 Å².